The van der Waals surface area contributed by atoms with Crippen LogP contribution >= 0.6 is 0 Å². The summed E-state index contributed by atoms with van der Waals surface area (Å²) in [5.74, 6) is -0.379. The van der Waals surface area contributed by atoms with Crippen molar-refractivity contribution in [1.82, 2.24) is 0 Å². The molecule has 0 N–H and O–H groups in total. The second-order valence-electron chi connectivity index (χ2n) is 4.01. The Bertz CT molecular complexity index is 324. The van der Waals surface area contributed by atoms with E-state index in [0.29, 0.717) is 19.1 Å². The van der Waals surface area contributed by atoms with Crippen LogP contribution in [0, 0.1) is 10.1 Å². The van der Waals surface area contributed by atoms with Gasteiger partial charge in [-0.2, -0.15) is 0 Å². The Morgan fingerprint density at radius 1 is 1.25 bits per heavy atom. The van der Waals surface area contributed by atoms with Crippen LogP contribution in [-0.2, 0) is 9.59 Å². The van der Waals surface area contributed by atoms with Crippen LogP contribution in [0.15, 0.2) is 12.2 Å². The maximum absolute atomic E-state index is 11.8. The van der Waals surface area contributed by atoms with Crippen molar-refractivity contribution >= 4 is 12.1 Å². The molecule has 1 rings (SSSR count). The fourth-order valence-corrected chi connectivity index (χ4v) is 2.02. The van der Waals surface area contributed by atoms with E-state index in [1.54, 1.807) is 0 Å². The van der Waals surface area contributed by atoms with Crippen molar-refractivity contribution in [2.24, 2.45) is 0 Å². The molecule has 0 aromatic rings. The van der Waals surface area contributed by atoms with E-state index in [1.807, 2.05) is 0 Å². The standard InChI is InChI=1S/C11H15NO4/c13-9-5-8-11(12(15)16)7-4-2-1-3-6-10(11)14/h5,8-9H,1-4,6-7H2/b8-5+. The van der Waals surface area contributed by atoms with Crippen molar-refractivity contribution in [2.45, 2.75) is 44.1 Å². The molecule has 16 heavy (non-hydrogen) atoms. The van der Waals surface area contributed by atoms with Crippen LogP contribution in [-0.4, -0.2) is 22.5 Å². The van der Waals surface area contributed by atoms with Crippen LogP contribution in [0.5, 0.6) is 0 Å². The zero-order valence-corrected chi connectivity index (χ0v) is 9.05. The number of aldehydes is 1. The van der Waals surface area contributed by atoms with Gasteiger partial charge < -0.3 is 0 Å². The molecule has 1 aliphatic carbocycles. The number of hydrogen-bond acceptors (Lipinski definition) is 4. The smallest absolute Gasteiger partial charge is 0.297 e. The SMILES string of the molecule is O=C/C=C/C1([N+](=O)[O-])CCCCCCC1=O. The third-order valence-corrected chi connectivity index (χ3v) is 2.97. The Morgan fingerprint density at radius 3 is 2.56 bits per heavy atom. The summed E-state index contributed by atoms with van der Waals surface area (Å²) in [4.78, 5) is 32.6. The highest BCUT2D eigenvalue weighted by Crippen LogP contribution is 2.27. The molecule has 0 aromatic heterocycles. The van der Waals surface area contributed by atoms with Gasteiger partial charge in [-0.25, -0.2) is 0 Å². The molecular weight excluding hydrogens is 210 g/mol. The summed E-state index contributed by atoms with van der Waals surface area (Å²) in [5.41, 5.74) is -1.67. The quantitative estimate of drug-likeness (QED) is 0.317. The van der Waals surface area contributed by atoms with Gasteiger partial charge in [-0.1, -0.05) is 12.8 Å². The number of rotatable bonds is 3. The largest absolute Gasteiger partial charge is 0.299 e. The lowest BCUT2D eigenvalue weighted by Crippen LogP contribution is -2.45. The highest BCUT2D eigenvalue weighted by atomic mass is 16.6. The van der Waals surface area contributed by atoms with Crippen LogP contribution < -0.4 is 0 Å². The second kappa shape index (κ2) is 5.53. The van der Waals surface area contributed by atoms with Gasteiger partial charge in [0.25, 0.3) is 5.54 Å². The minimum Gasteiger partial charge on any atom is -0.299 e. The van der Waals surface area contributed by atoms with E-state index in [4.69, 9.17) is 0 Å². The summed E-state index contributed by atoms with van der Waals surface area (Å²) in [5, 5.41) is 11.1. The number of ketones is 1. The topological polar surface area (TPSA) is 77.3 Å². The lowest BCUT2D eigenvalue weighted by molar-refractivity contribution is -0.539. The van der Waals surface area contributed by atoms with Crippen molar-refractivity contribution < 1.29 is 14.5 Å². The Hall–Kier alpha value is -1.52. The molecule has 1 saturated carbocycles. The van der Waals surface area contributed by atoms with Crippen molar-refractivity contribution in [3.05, 3.63) is 22.3 Å². The van der Waals surface area contributed by atoms with Crippen LogP contribution in [0.1, 0.15) is 38.5 Å². The zero-order valence-electron chi connectivity index (χ0n) is 9.05. The lowest BCUT2D eigenvalue weighted by Gasteiger charge is -2.22. The zero-order chi connectivity index (χ0) is 12.0. The first kappa shape index (κ1) is 12.5. The van der Waals surface area contributed by atoms with Gasteiger partial charge in [0.15, 0.2) is 0 Å². The molecule has 5 nitrogen and oxygen atoms in total. The van der Waals surface area contributed by atoms with E-state index in [2.05, 4.69) is 0 Å². The number of carbonyl (C=O) groups is 2. The molecule has 5 heteroatoms. The third kappa shape index (κ3) is 2.53. The molecule has 0 aromatic carbocycles. The second-order valence-corrected chi connectivity index (χ2v) is 4.01. The third-order valence-electron chi connectivity index (χ3n) is 2.97. The van der Waals surface area contributed by atoms with Gasteiger partial charge in [-0.3, -0.25) is 19.7 Å². The molecule has 0 aliphatic heterocycles. The Labute approximate surface area is 93.7 Å². The monoisotopic (exact) mass is 225 g/mol. The Balaban J connectivity index is 3.01. The summed E-state index contributed by atoms with van der Waals surface area (Å²) >= 11 is 0. The first-order valence-electron chi connectivity index (χ1n) is 5.44. The normalized spacial score (nSPS) is 27.4. The molecule has 0 radical (unpaired) electrons. The average molecular weight is 225 g/mol. The number of hydrogen-bond donors (Lipinski definition) is 0. The summed E-state index contributed by atoms with van der Waals surface area (Å²) in [6.07, 6.45) is 6.29. The highest BCUT2D eigenvalue weighted by molar-refractivity contribution is 5.90. The van der Waals surface area contributed by atoms with Gasteiger partial charge in [-0.05, 0) is 18.9 Å². The molecule has 0 saturated heterocycles. The van der Waals surface area contributed by atoms with Crippen molar-refractivity contribution in [1.29, 1.82) is 0 Å². The summed E-state index contributed by atoms with van der Waals surface area (Å²) in [6, 6.07) is 0. The van der Waals surface area contributed by atoms with E-state index in [0.717, 1.165) is 25.0 Å². The van der Waals surface area contributed by atoms with E-state index >= 15 is 0 Å². The predicted molar refractivity (Wildman–Crippen MR) is 57.6 cm³/mol. The number of Topliss-reactive ketones (excluding diaryl/α,β-unsaturated/α-hetero) is 1. The van der Waals surface area contributed by atoms with Crippen LogP contribution in [0.4, 0.5) is 0 Å². The number of nitrogens with zero attached hydrogens (tertiary/aromatic N) is 1. The fourth-order valence-electron chi connectivity index (χ4n) is 2.02. The summed E-state index contributed by atoms with van der Waals surface area (Å²) in [7, 11) is 0. The van der Waals surface area contributed by atoms with Crippen LogP contribution in [0.3, 0.4) is 0 Å². The first-order valence-corrected chi connectivity index (χ1v) is 5.44. The molecule has 1 fully saturated rings. The summed E-state index contributed by atoms with van der Waals surface area (Å²) < 4.78 is 0. The van der Waals surface area contributed by atoms with E-state index in [9.17, 15) is 19.7 Å². The van der Waals surface area contributed by atoms with Gasteiger partial charge in [0.1, 0.15) is 6.29 Å². The van der Waals surface area contributed by atoms with Crippen molar-refractivity contribution in [3.8, 4) is 0 Å². The van der Waals surface area contributed by atoms with Gasteiger partial charge >= 0.3 is 0 Å². The fraction of sp³-hybridized carbons (Fsp3) is 0.636. The Morgan fingerprint density at radius 2 is 1.94 bits per heavy atom. The number of allylic oxidation sites excluding steroid dienone is 1. The van der Waals surface area contributed by atoms with E-state index in [-0.39, 0.29) is 18.6 Å². The minimum absolute atomic E-state index is 0.198. The Kier molecular flexibility index (Phi) is 4.34. The van der Waals surface area contributed by atoms with E-state index in [1.165, 1.54) is 0 Å². The van der Waals surface area contributed by atoms with Gasteiger partial charge in [0, 0.05) is 23.8 Å². The molecule has 0 heterocycles. The molecule has 0 amide bonds. The first-order chi connectivity index (χ1) is 7.63. The molecular formula is C11H15NO4. The van der Waals surface area contributed by atoms with Gasteiger partial charge in [0.05, 0.1) is 0 Å². The number of nitro groups is 1. The molecule has 1 unspecified atom stereocenters. The predicted octanol–water partition coefficient (Wildman–Crippen LogP) is 1.68. The molecule has 1 aliphatic rings. The lowest BCUT2D eigenvalue weighted by atomic mass is 9.83. The highest BCUT2D eigenvalue weighted by Gasteiger charge is 2.47. The van der Waals surface area contributed by atoms with E-state index < -0.39 is 10.5 Å². The minimum atomic E-state index is -1.67. The van der Waals surface area contributed by atoms with Gasteiger partial charge in [-0.15, -0.1) is 0 Å². The average Bonchev–Trinajstić information content (AvgIpc) is 2.23. The van der Waals surface area contributed by atoms with Crippen LogP contribution in [0.25, 0.3) is 0 Å². The maximum Gasteiger partial charge on any atom is 0.297 e. The maximum atomic E-state index is 11.8. The number of carbonyl (C=O) groups excluding carboxylic acids is 2. The molecule has 88 valence electrons. The molecule has 1 atom stereocenters. The molecule has 0 bridgehead atoms. The summed E-state index contributed by atoms with van der Waals surface area (Å²) in [6.45, 7) is 0. The van der Waals surface area contributed by atoms with Crippen molar-refractivity contribution in [3.63, 3.8) is 0 Å². The molecule has 0 spiro atoms. The van der Waals surface area contributed by atoms with Gasteiger partial charge in [0.2, 0.25) is 5.78 Å². The van der Waals surface area contributed by atoms with Crippen molar-refractivity contribution in [2.75, 3.05) is 0 Å². The van der Waals surface area contributed by atoms with Crippen LogP contribution in [0.2, 0.25) is 0 Å².